The molecule has 0 aromatic heterocycles. The molecule has 0 spiro atoms. The molecule has 6 saturated carbocycles. The molecule has 206 valence electrons. The van der Waals surface area contributed by atoms with Gasteiger partial charge in [-0.15, -0.1) is 0 Å². The van der Waals surface area contributed by atoms with Crippen LogP contribution in [0.25, 0.3) is 0 Å². The lowest BCUT2D eigenvalue weighted by atomic mass is 9.50. The maximum Gasteiger partial charge on any atom is 0.312 e. The first kappa shape index (κ1) is 26.9. The highest BCUT2D eigenvalue weighted by Crippen LogP contribution is 2.63. The van der Waals surface area contributed by atoms with E-state index in [9.17, 15) is 4.79 Å². The molecule has 5 heteroatoms. The smallest absolute Gasteiger partial charge is 0.312 e. The molecular weight excluding hydrogens is 452 g/mol. The zero-order valence-corrected chi connectivity index (χ0v) is 23.4. The molecular formula is C31H52O5. The van der Waals surface area contributed by atoms with Crippen molar-refractivity contribution in [3.05, 3.63) is 0 Å². The van der Waals surface area contributed by atoms with Crippen LogP contribution >= 0.6 is 0 Å². The molecule has 6 rings (SSSR count). The van der Waals surface area contributed by atoms with Crippen LogP contribution in [0.3, 0.4) is 0 Å². The molecule has 0 heterocycles. The zero-order chi connectivity index (χ0) is 25.3. The first-order valence-electron chi connectivity index (χ1n) is 15.4. The van der Waals surface area contributed by atoms with E-state index in [1.165, 1.54) is 57.8 Å². The van der Waals surface area contributed by atoms with Gasteiger partial charge in [0, 0.05) is 25.9 Å². The van der Waals surface area contributed by atoms with Crippen LogP contribution in [0.5, 0.6) is 0 Å². The van der Waals surface area contributed by atoms with Crippen molar-refractivity contribution in [1.82, 2.24) is 0 Å². The number of ether oxygens (including phenoxy) is 4. The van der Waals surface area contributed by atoms with Crippen LogP contribution in [0.15, 0.2) is 0 Å². The molecule has 0 aromatic carbocycles. The van der Waals surface area contributed by atoms with Gasteiger partial charge in [0.05, 0.1) is 22.7 Å². The summed E-state index contributed by atoms with van der Waals surface area (Å²) in [6.07, 6.45) is 21.0. The highest BCUT2D eigenvalue weighted by Gasteiger charge is 2.66. The van der Waals surface area contributed by atoms with Crippen LogP contribution in [0.1, 0.15) is 136 Å². The van der Waals surface area contributed by atoms with Gasteiger partial charge >= 0.3 is 5.97 Å². The summed E-state index contributed by atoms with van der Waals surface area (Å²) in [4.78, 5) is 13.3. The minimum absolute atomic E-state index is 0.0575. The van der Waals surface area contributed by atoms with Gasteiger partial charge in [-0.2, -0.15) is 0 Å². The number of carbonyl (C=O) groups excluding carboxylic acids is 1. The van der Waals surface area contributed by atoms with Crippen molar-refractivity contribution < 1.29 is 23.7 Å². The van der Waals surface area contributed by atoms with E-state index < -0.39 is 11.0 Å². The maximum atomic E-state index is 13.3. The van der Waals surface area contributed by atoms with Gasteiger partial charge in [0.2, 0.25) is 0 Å². The second-order valence-electron chi connectivity index (χ2n) is 14.0. The second-order valence-corrected chi connectivity index (χ2v) is 14.0. The molecule has 4 bridgehead atoms. The maximum absolute atomic E-state index is 13.3. The molecule has 0 radical (unpaired) electrons. The summed E-state index contributed by atoms with van der Waals surface area (Å²) in [5.74, 6) is 1.25. The Morgan fingerprint density at radius 1 is 0.806 bits per heavy atom. The van der Waals surface area contributed by atoms with Gasteiger partial charge in [-0.25, -0.2) is 0 Å². The highest BCUT2D eigenvalue weighted by molar-refractivity contribution is 5.76. The Morgan fingerprint density at radius 2 is 1.39 bits per heavy atom. The lowest BCUT2D eigenvalue weighted by Gasteiger charge is -2.65. The van der Waals surface area contributed by atoms with E-state index in [1.54, 1.807) is 0 Å². The van der Waals surface area contributed by atoms with Gasteiger partial charge in [0.15, 0.2) is 0 Å². The summed E-state index contributed by atoms with van der Waals surface area (Å²) >= 11 is 0. The van der Waals surface area contributed by atoms with E-state index >= 15 is 0 Å². The fraction of sp³-hybridized carbons (Fsp3) is 0.968. The molecule has 0 aromatic rings. The third kappa shape index (κ3) is 5.99. The number of rotatable bonds is 11. The Morgan fingerprint density at radius 3 is 2.06 bits per heavy atom. The summed E-state index contributed by atoms with van der Waals surface area (Å²) in [6.45, 7) is 7.29. The number of hydrogen-bond donors (Lipinski definition) is 0. The summed E-state index contributed by atoms with van der Waals surface area (Å²) in [6, 6.07) is 0. The van der Waals surface area contributed by atoms with Crippen LogP contribution < -0.4 is 0 Å². The first-order chi connectivity index (χ1) is 17.3. The lowest BCUT2D eigenvalue weighted by molar-refractivity contribution is -0.302. The molecule has 6 aliphatic rings. The predicted molar refractivity (Wildman–Crippen MR) is 141 cm³/mol. The molecule has 4 atom stereocenters. The van der Waals surface area contributed by atoms with Gasteiger partial charge in [0.25, 0.3) is 0 Å². The fourth-order valence-electron chi connectivity index (χ4n) is 8.50. The molecule has 4 unspecified atom stereocenters. The average molecular weight is 505 g/mol. The molecule has 0 N–H and O–H groups in total. The topological polar surface area (TPSA) is 54.0 Å². The molecule has 0 aliphatic heterocycles. The number of hydrogen-bond acceptors (Lipinski definition) is 5. The van der Waals surface area contributed by atoms with E-state index in [2.05, 4.69) is 6.92 Å². The van der Waals surface area contributed by atoms with Crippen LogP contribution in [0.2, 0.25) is 0 Å². The third-order valence-electron chi connectivity index (χ3n) is 10.5. The third-order valence-corrected chi connectivity index (χ3v) is 10.5. The van der Waals surface area contributed by atoms with Gasteiger partial charge in [-0.05, 0) is 70.6 Å². The lowest BCUT2D eigenvalue weighted by Crippen LogP contribution is -2.68. The van der Waals surface area contributed by atoms with Crippen LogP contribution in [0, 0.1) is 17.3 Å². The number of esters is 1. The van der Waals surface area contributed by atoms with Crippen molar-refractivity contribution in [2.24, 2.45) is 17.3 Å². The van der Waals surface area contributed by atoms with E-state index in [-0.39, 0.29) is 17.2 Å². The summed E-state index contributed by atoms with van der Waals surface area (Å²) in [5.41, 5.74) is -1.44. The molecule has 36 heavy (non-hydrogen) atoms. The second kappa shape index (κ2) is 10.8. The minimum Gasteiger partial charge on any atom is -0.458 e. The quantitative estimate of drug-likeness (QED) is 0.215. The Hall–Kier alpha value is -0.650. The first-order valence-corrected chi connectivity index (χ1v) is 15.4. The van der Waals surface area contributed by atoms with E-state index in [0.717, 1.165) is 70.3 Å². The molecule has 6 fully saturated rings. The largest absolute Gasteiger partial charge is 0.458 e. The van der Waals surface area contributed by atoms with Crippen LogP contribution in [0.4, 0.5) is 0 Å². The number of carbonyl (C=O) groups is 1. The minimum atomic E-state index is -0.462. The Kier molecular flexibility index (Phi) is 8.12. The normalized spacial score (nSPS) is 37.4. The fourth-order valence-corrected chi connectivity index (χ4v) is 8.50. The highest BCUT2D eigenvalue weighted by atomic mass is 16.7. The Bertz CT molecular complexity index is 710. The predicted octanol–water partition coefficient (Wildman–Crippen LogP) is 7.49. The summed E-state index contributed by atoms with van der Waals surface area (Å²) in [7, 11) is 0. The molecule has 6 aliphatic carbocycles. The van der Waals surface area contributed by atoms with Gasteiger partial charge in [0.1, 0.15) is 12.4 Å². The Balaban J connectivity index is 1.29. The summed E-state index contributed by atoms with van der Waals surface area (Å²) in [5, 5.41) is 0. The Labute approximate surface area is 219 Å². The van der Waals surface area contributed by atoms with Crippen molar-refractivity contribution in [3.8, 4) is 0 Å². The van der Waals surface area contributed by atoms with Crippen molar-refractivity contribution >= 4 is 5.97 Å². The van der Waals surface area contributed by atoms with E-state index in [1.807, 2.05) is 13.8 Å². The average Bonchev–Trinajstić information content (AvgIpc) is 2.84. The van der Waals surface area contributed by atoms with Gasteiger partial charge in [-0.1, -0.05) is 58.3 Å². The van der Waals surface area contributed by atoms with Crippen molar-refractivity contribution in [1.29, 1.82) is 0 Å². The molecule has 0 saturated heterocycles. The van der Waals surface area contributed by atoms with Crippen molar-refractivity contribution in [3.63, 3.8) is 0 Å². The van der Waals surface area contributed by atoms with Crippen LogP contribution in [-0.2, 0) is 23.7 Å². The van der Waals surface area contributed by atoms with Crippen molar-refractivity contribution in [2.45, 2.75) is 159 Å². The van der Waals surface area contributed by atoms with Gasteiger partial charge in [-0.3, -0.25) is 4.79 Å². The van der Waals surface area contributed by atoms with Gasteiger partial charge < -0.3 is 18.9 Å². The SMILES string of the molecule is CCC(C)(C)C(=O)OC12CC3CC(OCCC4CCCCC4)(CC(OCOC4CCCCC4)(C3)C1)C2. The van der Waals surface area contributed by atoms with Crippen LogP contribution in [-0.4, -0.2) is 42.3 Å². The monoisotopic (exact) mass is 504 g/mol. The summed E-state index contributed by atoms with van der Waals surface area (Å²) < 4.78 is 26.3. The van der Waals surface area contributed by atoms with Crippen molar-refractivity contribution in [2.75, 3.05) is 13.4 Å². The van der Waals surface area contributed by atoms with E-state index in [4.69, 9.17) is 18.9 Å². The zero-order valence-electron chi connectivity index (χ0n) is 23.4. The van der Waals surface area contributed by atoms with E-state index in [0.29, 0.717) is 18.8 Å². The molecule has 5 nitrogen and oxygen atoms in total. The molecule has 0 amide bonds. The standard InChI is InChI=1S/C31H52O5/c1-4-28(2,3)27(32)36-31-19-25-17-29(21-31,34-16-15-24-11-7-5-8-12-24)20-30(18-25,22-31)35-23-33-26-13-9-6-10-14-26/h24-26H,4-23H2,1-3H3.